The minimum absolute atomic E-state index is 0.129. The van der Waals surface area contributed by atoms with E-state index in [4.69, 9.17) is 0 Å². The molecule has 2 aromatic rings. The molecule has 0 aliphatic carbocycles. The minimum Gasteiger partial charge on any atom is -0.338 e. The number of hydrogen-bond donors (Lipinski definition) is 2. The van der Waals surface area contributed by atoms with Crippen molar-refractivity contribution in [3.05, 3.63) is 36.3 Å². The number of carbonyl (C=O) groups excluding carboxylic acids is 1. The van der Waals surface area contributed by atoms with E-state index in [-0.39, 0.29) is 6.03 Å². The molecule has 0 saturated heterocycles. The van der Waals surface area contributed by atoms with Crippen LogP contribution in [0.4, 0.5) is 4.79 Å². The predicted molar refractivity (Wildman–Crippen MR) is 81.9 cm³/mol. The van der Waals surface area contributed by atoms with Crippen LogP contribution in [-0.2, 0) is 6.54 Å². The summed E-state index contributed by atoms with van der Waals surface area (Å²) in [6, 6.07) is 5.77. The van der Waals surface area contributed by atoms with Crippen molar-refractivity contribution in [2.75, 3.05) is 13.1 Å². The van der Waals surface area contributed by atoms with E-state index in [0.29, 0.717) is 19.6 Å². The molecule has 0 atom stereocenters. The lowest BCUT2D eigenvalue weighted by molar-refractivity contribution is 0.240. The predicted octanol–water partition coefficient (Wildman–Crippen LogP) is 1.96. The van der Waals surface area contributed by atoms with Gasteiger partial charge in [0, 0.05) is 36.7 Å². The Kier molecular flexibility index (Phi) is 5.31. The van der Waals surface area contributed by atoms with Gasteiger partial charge in [0.15, 0.2) is 0 Å². The molecule has 112 valence electrons. The summed E-state index contributed by atoms with van der Waals surface area (Å²) in [6.45, 7) is 5.92. The first-order valence-corrected chi connectivity index (χ1v) is 7.17. The molecule has 0 saturated carbocycles. The lowest BCUT2D eigenvalue weighted by Gasteiger charge is -2.07. The maximum atomic E-state index is 11.4. The largest absolute Gasteiger partial charge is 0.338 e. The zero-order chi connectivity index (χ0) is 15.1. The summed E-state index contributed by atoms with van der Waals surface area (Å²) in [5.74, 6) is 0. The van der Waals surface area contributed by atoms with Gasteiger partial charge in [0.2, 0.25) is 0 Å². The van der Waals surface area contributed by atoms with Crippen LogP contribution in [0.5, 0.6) is 0 Å². The third-order valence-electron chi connectivity index (χ3n) is 3.10. The third-order valence-corrected chi connectivity index (χ3v) is 3.10. The van der Waals surface area contributed by atoms with Crippen LogP contribution in [0.15, 0.2) is 30.6 Å². The Morgan fingerprint density at radius 2 is 1.95 bits per heavy atom. The van der Waals surface area contributed by atoms with Gasteiger partial charge < -0.3 is 10.6 Å². The molecule has 0 radical (unpaired) electrons. The summed E-state index contributed by atoms with van der Waals surface area (Å²) in [4.78, 5) is 15.4. The molecule has 6 heteroatoms. The van der Waals surface area contributed by atoms with Crippen molar-refractivity contribution in [2.24, 2.45) is 0 Å². The molecule has 0 spiro atoms. The molecule has 2 heterocycles. The van der Waals surface area contributed by atoms with Crippen molar-refractivity contribution < 1.29 is 4.79 Å². The Hall–Kier alpha value is -2.37. The standard InChI is InChI=1S/C15H21N5O/c1-3-6-17-15(21)18-9-10-20-12(2)11-14(19-20)13-4-7-16-8-5-13/h4-5,7-8,11H,3,6,9-10H2,1-2H3,(H2,17,18,21). The van der Waals surface area contributed by atoms with Crippen molar-refractivity contribution in [3.8, 4) is 11.3 Å². The highest BCUT2D eigenvalue weighted by Crippen LogP contribution is 2.17. The fourth-order valence-corrected chi connectivity index (χ4v) is 1.98. The van der Waals surface area contributed by atoms with Crippen molar-refractivity contribution in [3.63, 3.8) is 0 Å². The molecular formula is C15H21N5O. The van der Waals surface area contributed by atoms with Crippen LogP contribution in [-0.4, -0.2) is 33.9 Å². The number of nitrogens with zero attached hydrogens (tertiary/aromatic N) is 3. The number of rotatable bonds is 6. The smallest absolute Gasteiger partial charge is 0.314 e. The van der Waals surface area contributed by atoms with Crippen LogP contribution in [0.3, 0.4) is 0 Å². The van der Waals surface area contributed by atoms with E-state index in [9.17, 15) is 4.79 Å². The first kappa shape index (κ1) is 15.0. The molecule has 2 aromatic heterocycles. The van der Waals surface area contributed by atoms with E-state index < -0.39 is 0 Å². The summed E-state index contributed by atoms with van der Waals surface area (Å²) in [6.07, 6.45) is 4.44. The average Bonchev–Trinajstić information content (AvgIpc) is 2.87. The summed E-state index contributed by atoms with van der Waals surface area (Å²) >= 11 is 0. The van der Waals surface area contributed by atoms with Gasteiger partial charge in [-0.3, -0.25) is 9.67 Å². The second-order valence-corrected chi connectivity index (χ2v) is 4.81. The lowest BCUT2D eigenvalue weighted by Crippen LogP contribution is -2.37. The minimum atomic E-state index is -0.129. The van der Waals surface area contributed by atoms with Crippen LogP contribution in [0.25, 0.3) is 11.3 Å². The van der Waals surface area contributed by atoms with Gasteiger partial charge >= 0.3 is 6.03 Å². The molecule has 0 unspecified atom stereocenters. The molecule has 0 aliphatic rings. The molecule has 2 rings (SSSR count). The van der Waals surface area contributed by atoms with Gasteiger partial charge in [0.25, 0.3) is 0 Å². The third kappa shape index (κ3) is 4.30. The van der Waals surface area contributed by atoms with Crippen LogP contribution in [0.1, 0.15) is 19.0 Å². The maximum absolute atomic E-state index is 11.4. The fourth-order valence-electron chi connectivity index (χ4n) is 1.98. The monoisotopic (exact) mass is 287 g/mol. The SMILES string of the molecule is CCCNC(=O)NCCn1nc(-c2ccncc2)cc1C. The van der Waals surface area contributed by atoms with E-state index in [1.165, 1.54) is 0 Å². The summed E-state index contributed by atoms with van der Waals surface area (Å²) in [7, 11) is 0. The number of urea groups is 1. The summed E-state index contributed by atoms with van der Waals surface area (Å²) < 4.78 is 1.90. The number of hydrogen-bond acceptors (Lipinski definition) is 3. The first-order valence-electron chi connectivity index (χ1n) is 7.17. The van der Waals surface area contributed by atoms with Crippen molar-refractivity contribution in [2.45, 2.75) is 26.8 Å². The van der Waals surface area contributed by atoms with Crippen LogP contribution < -0.4 is 10.6 Å². The highest BCUT2D eigenvalue weighted by molar-refractivity contribution is 5.73. The number of aromatic nitrogens is 3. The van der Waals surface area contributed by atoms with Gasteiger partial charge in [-0.25, -0.2) is 4.79 Å². The number of carbonyl (C=O) groups is 1. The zero-order valence-corrected chi connectivity index (χ0v) is 12.5. The van der Waals surface area contributed by atoms with Crippen molar-refractivity contribution >= 4 is 6.03 Å². The van der Waals surface area contributed by atoms with Gasteiger partial charge in [0.1, 0.15) is 0 Å². The quantitative estimate of drug-likeness (QED) is 0.853. The van der Waals surface area contributed by atoms with E-state index in [1.807, 2.05) is 36.7 Å². The number of nitrogens with one attached hydrogen (secondary N) is 2. The molecule has 21 heavy (non-hydrogen) atoms. The van der Waals surface area contributed by atoms with Gasteiger partial charge in [-0.15, -0.1) is 0 Å². The van der Waals surface area contributed by atoms with Crippen LogP contribution in [0, 0.1) is 6.92 Å². The topological polar surface area (TPSA) is 71.8 Å². The molecule has 0 aliphatic heterocycles. The Balaban J connectivity index is 1.90. The number of pyridine rings is 1. The zero-order valence-electron chi connectivity index (χ0n) is 12.5. The first-order chi connectivity index (χ1) is 10.2. The Morgan fingerprint density at radius 3 is 2.67 bits per heavy atom. The van der Waals surface area contributed by atoms with E-state index >= 15 is 0 Å². The number of amides is 2. The molecule has 2 N–H and O–H groups in total. The van der Waals surface area contributed by atoms with Gasteiger partial charge in [-0.1, -0.05) is 6.92 Å². The van der Waals surface area contributed by atoms with Crippen molar-refractivity contribution in [1.29, 1.82) is 0 Å². The van der Waals surface area contributed by atoms with Gasteiger partial charge in [0.05, 0.1) is 12.2 Å². The highest BCUT2D eigenvalue weighted by atomic mass is 16.2. The lowest BCUT2D eigenvalue weighted by atomic mass is 10.2. The maximum Gasteiger partial charge on any atom is 0.314 e. The molecule has 0 fully saturated rings. The Bertz CT molecular complexity index is 579. The summed E-state index contributed by atoms with van der Waals surface area (Å²) in [5.41, 5.74) is 3.03. The van der Waals surface area contributed by atoms with Crippen molar-refractivity contribution in [1.82, 2.24) is 25.4 Å². The Labute approximate surface area is 124 Å². The molecule has 6 nitrogen and oxygen atoms in total. The number of aryl methyl sites for hydroxylation is 1. The fraction of sp³-hybridized carbons (Fsp3) is 0.400. The van der Waals surface area contributed by atoms with Crippen LogP contribution in [0.2, 0.25) is 0 Å². The Morgan fingerprint density at radius 1 is 1.24 bits per heavy atom. The molecule has 2 amide bonds. The van der Waals surface area contributed by atoms with Gasteiger partial charge in [-0.2, -0.15) is 5.10 Å². The van der Waals surface area contributed by atoms with E-state index in [1.54, 1.807) is 12.4 Å². The molecule has 0 aromatic carbocycles. The second kappa shape index (κ2) is 7.42. The molecular weight excluding hydrogens is 266 g/mol. The second-order valence-electron chi connectivity index (χ2n) is 4.81. The normalized spacial score (nSPS) is 10.4. The van der Waals surface area contributed by atoms with E-state index in [2.05, 4.69) is 20.7 Å². The highest BCUT2D eigenvalue weighted by Gasteiger charge is 2.06. The van der Waals surface area contributed by atoms with Gasteiger partial charge in [-0.05, 0) is 31.5 Å². The van der Waals surface area contributed by atoms with Crippen LogP contribution >= 0.6 is 0 Å². The average molecular weight is 287 g/mol. The molecule has 0 bridgehead atoms. The summed E-state index contributed by atoms with van der Waals surface area (Å²) in [5, 5.41) is 10.2. The van der Waals surface area contributed by atoms with E-state index in [0.717, 1.165) is 23.4 Å².